The monoisotopic (exact) mass is 1210 g/mol. The highest BCUT2D eigenvalue weighted by molar-refractivity contribution is 6.06. The standard InChI is InChI=1S/C36H42N2O3.C15H18O2.C12H20O3.C9H7NO.C2H4O2.H3N/c1-5-41-36(40)35-29(14-13-24-9-6-7-10-24)38-30-19-25(32-22(3)17-21(2)18-23(32)4)20-31(39)34(30)33(35)27-11-8-12-28-26(27)15-16-37-28;1-9-4-10(2)15(11(3)5-9)12-6-13(16)8-14(17)7-12;1-2-15-12(14)9-11(13)8-7-10-5-3-4-6-10;11-6-7-2-1-3-9-8(7)4-5-10-9;1-2(3)4;/h8,11-12,15-18,24-25,33,37-38H,5-7,9-10,13-14,19-20H2,1-4H3;4-5,12H,6-8H2,1-3H3;10H,2-9H2,1H3;1-6,10H;1H3,(H,3,4);1H3. The first-order valence-corrected chi connectivity index (χ1v) is 31.8. The number of hydrogen-bond acceptors (Lipinski definition) is 12. The van der Waals surface area contributed by atoms with Crippen molar-refractivity contribution >= 4 is 69.1 Å². The van der Waals surface area contributed by atoms with Crippen LogP contribution in [0.2, 0.25) is 0 Å². The maximum absolute atomic E-state index is 14.3. The molecule has 7 N–H and O–H groups in total. The van der Waals surface area contributed by atoms with Gasteiger partial charge in [0.1, 0.15) is 23.8 Å². The number of dihydropyridines is 1. The summed E-state index contributed by atoms with van der Waals surface area (Å²) in [7, 11) is 0. The molecule has 0 spiro atoms. The summed E-state index contributed by atoms with van der Waals surface area (Å²) in [5.41, 5.74) is 16.9. The zero-order chi connectivity index (χ0) is 63.6. The zero-order valence-electron chi connectivity index (χ0n) is 53.9. The Kier molecular flexibility index (Phi) is 26.4. The third-order valence-corrected chi connectivity index (χ3v) is 17.8. The van der Waals surface area contributed by atoms with Crippen molar-refractivity contribution in [3.8, 4) is 0 Å². The van der Waals surface area contributed by atoms with Gasteiger partial charge in [0.2, 0.25) is 0 Å². The Morgan fingerprint density at radius 1 is 0.640 bits per heavy atom. The van der Waals surface area contributed by atoms with Crippen LogP contribution in [0.1, 0.15) is 215 Å². The van der Waals surface area contributed by atoms with Gasteiger partial charge in [-0.1, -0.05) is 111 Å². The van der Waals surface area contributed by atoms with Crippen LogP contribution in [-0.4, -0.2) is 75.6 Å². The van der Waals surface area contributed by atoms with Gasteiger partial charge in [0.25, 0.3) is 5.97 Å². The van der Waals surface area contributed by atoms with Gasteiger partial charge >= 0.3 is 11.9 Å². The zero-order valence-corrected chi connectivity index (χ0v) is 53.9. The molecule has 6 aromatic rings. The number of carbonyl (C=O) groups is 8. The largest absolute Gasteiger partial charge is 0.481 e. The summed E-state index contributed by atoms with van der Waals surface area (Å²) in [6.07, 6.45) is 20.5. The Morgan fingerprint density at radius 2 is 1.13 bits per heavy atom. The van der Waals surface area contributed by atoms with E-state index in [1.807, 2.05) is 55.7 Å². The number of carboxylic acid groups (broad SMARTS) is 1. The van der Waals surface area contributed by atoms with E-state index in [2.05, 4.69) is 93.2 Å². The van der Waals surface area contributed by atoms with E-state index >= 15 is 0 Å². The SMILES string of the molecule is CC(=O)O.CCOC(=O)C1=C(CCC2CCCC2)NC2=C(C(=O)CC(c3c(C)cc(C)cc3C)C2)C1c1cccc2[nH]ccc12.CCOC(=O)CC(=O)CCC1CCCC1.Cc1cc(C)c(C2CC(=O)CC(=O)C2)c(C)c1.N.O=Cc1cccc2[nH]ccc12. The third kappa shape index (κ3) is 19.0. The quantitative estimate of drug-likeness (QED) is 0.0365. The first kappa shape index (κ1) is 70.1. The number of aldehydes is 1. The molecule has 3 heterocycles. The second-order valence-electron chi connectivity index (χ2n) is 24.7. The summed E-state index contributed by atoms with van der Waals surface area (Å²) in [6, 6.07) is 24.4. The molecular formula is C74H94N4O11. The predicted molar refractivity (Wildman–Crippen MR) is 350 cm³/mol. The van der Waals surface area contributed by atoms with Crippen LogP contribution >= 0.6 is 0 Å². The van der Waals surface area contributed by atoms with Crippen LogP contribution in [0, 0.1) is 53.4 Å². The highest BCUT2D eigenvalue weighted by atomic mass is 16.5. The molecule has 11 rings (SSSR count). The molecule has 476 valence electrons. The van der Waals surface area contributed by atoms with Crippen molar-refractivity contribution in [3.05, 3.63) is 163 Å². The van der Waals surface area contributed by atoms with E-state index in [4.69, 9.17) is 19.4 Å². The lowest BCUT2D eigenvalue weighted by atomic mass is 9.70. The van der Waals surface area contributed by atoms with Crippen molar-refractivity contribution < 1.29 is 52.9 Å². The molecule has 0 bridgehead atoms. The Balaban J connectivity index is 0.000000215. The molecule has 3 saturated carbocycles. The minimum absolute atomic E-state index is 0. The number of allylic oxidation sites excluding steroid dienone is 3. The average Bonchev–Trinajstić information content (AvgIpc) is 1.88. The highest BCUT2D eigenvalue weighted by Gasteiger charge is 2.43. The number of aromatic amines is 2. The predicted octanol–water partition coefficient (Wildman–Crippen LogP) is 15.7. The molecule has 0 radical (unpaired) electrons. The van der Waals surface area contributed by atoms with Crippen LogP contribution in [0.3, 0.4) is 0 Å². The highest BCUT2D eigenvalue weighted by Crippen LogP contribution is 2.49. The van der Waals surface area contributed by atoms with Gasteiger partial charge in [-0.15, -0.1) is 0 Å². The number of fused-ring (bicyclic) bond motifs is 2. The fraction of sp³-hybridized carbons (Fsp3) is 0.459. The molecule has 89 heavy (non-hydrogen) atoms. The Labute approximate surface area is 525 Å². The van der Waals surface area contributed by atoms with Crippen LogP contribution in [0.4, 0.5) is 0 Å². The summed E-state index contributed by atoms with van der Waals surface area (Å²) >= 11 is 0. The Hall–Kier alpha value is -8.04. The lowest BCUT2D eigenvalue weighted by molar-refractivity contribution is -0.146. The molecule has 2 atom stereocenters. The van der Waals surface area contributed by atoms with Gasteiger partial charge in [-0.3, -0.25) is 33.6 Å². The number of rotatable bonds is 15. The summed E-state index contributed by atoms with van der Waals surface area (Å²) in [6.45, 7) is 18.0. The number of ether oxygens (including phenoxy) is 2. The van der Waals surface area contributed by atoms with Gasteiger partial charge in [-0.05, 0) is 168 Å². The Bertz CT molecular complexity index is 3500. The number of esters is 2. The lowest BCUT2D eigenvalue weighted by Crippen LogP contribution is -2.37. The van der Waals surface area contributed by atoms with Gasteiger partial charge in [0.15, 0.2) is 12.1 Å². The Morgan fingerprint density at radius 3 is 1.66 bits per heavy atom. The van der Waals surface area contributed by atoms with Crippen molar-refractivity contribution in [3.63, 3.8) is 0 Å². The molecule has 5 aliphatic rings. The number of carboxylic acids is 1. The van der Waals surface area contributed by atoms with Crippen molar-refractivity contribution in [2.45, 2.75) is 196 Å². The van der Waals surface area contributed by atoms with Crippen LogP contribution in [-0.2, 0) is 43.0 Å². The number of aromatic nitrogens is 2. The van der Waals surface area contributed by atoms with Crippen molar-refractivity contribution in [1.29, 1.82) is 0 Å². The number of benzene rings is 4. The fourth-order valence-electron chi connectivity index (χ4n) is 14.3. The molecule has 0 saturated heterocycles. The molecular weight excluding hydrogens is 1120 g/mol. The molecule has 3 fully saturated rings. The number of aryl methyl sites for hydroxylation is 6. The molecule has 1 aliphatic heterocycles. The summed E-state index contributed by atoms with van der Waals surface area (Å²) in [4.78, 5) is 99.4. The molecule has 4 aliphatic carbocycles. The van der Waals surface area contributed by atoms with Crippen molar-refractivity contribution in [1.82, 2.24) is 21.4 Å². The van der Waals surface area contributed by atoms with Gasteiger partial charge in [0.05, 0.1) is 25.2 Å². The van der Waals surface area contributed by atoms with Crippen LogP contribution in [0.15, 0.2) is 108 Å². The minimum Gasteiger partial charge on any atom is -0.481 e. The van der Waals surface area contributed by atoms with E-state index in [1.165, 1.54) is 95.9 Å². The van der Waals surface area contributed by atoms with Crippen LogP contribution in [0.25, 0.3) is 21.8 Å². The second kappa shape index (κ2) is 33.5. The second-order valence-corrected chi connectivity index (χ2v) is 24.7. The van der Waals surface area contributed by atoms with E-state index in [0.717, 1.165) is 94.7 Å². The fourth-order valence-corrected chi connectivity index (χ4v) is 14.3. The smallest absolute Gasteiger partial charge is 0.336 e. The first-order valence-electron chi connectivity index (χ1n) is 31.8. The van der Waals surface area contributed by atoms with E-state index in [-0.39, 0.29) is 65.9 Å². The maximum atomic E-state index is 14.3. The van der Waals surface area contributed by atoms with Gasteiger partial charge < -0.3 is 36.0 Å². The number of hydrogen-bond donors (Lipinski definition) is 5. The molecule has 15 nitrogen and oxygen atoms in total. The van der Waals surface area contributed by atoms with E-state index in [1.54, 1.807) is 6.92 Å². The van der Waals surface area contributed by atoms with Crippen molar-refractivity contribution in [2.24, 2.45) is 11.8 Å². The number of aliphatic carboxylic acids is 1. The van der Waals surface area contributed by atoms with E-state index in [0.29, 0.717) is 50.4 Å². The van der Waals surface area contributed by atoms with Gasteiger partial charge in [-0.25, -0.2) is 4.79 Å². The van der Waals surface area contributed by atoms with Crippen molar-refractivity contribution in [2.75, 3.05) is 13.2 Å². The molecule has 0 amide bonds. The number of H-pyrrole nitrogens is 2. The summed E-state index contributed by atoms with van der Waals surface area (Å²) in [5, 5.41) is 13.2. The molecule has 2 aromatic heterocycles. The van der Waals surface area contributed by atoms with Crippen LogP contribution < -0.4 is 11.5 Å². The molecule has 15 heteroatoms. The number of nitrogens with one attached hydrogen (secondary N) is 3. The third-order valence-electron chi connectivity index (χ3n) is 17.8. The van der Waals surface area contributed by atoms with Gasteiger partial charge in [-0.2, -0.15) is 0 Å². The van der Waals surface area contributed by atoms with Gasteiger partial charge in [0, 0.05) is 95.3 Å². The first-order chi connectivity index (χ1) is 42.2. The summed E-state index contributed by atoms with van der Waals surface area (Å²) in [5.74, 6) is -0.0300. The van der Waals surface area contributed by atoms with Crippen LogP contribution in [0.5, 0.6) is 0 Å². The minimum atomic E-state index is -0.833. The lowest BCUT2D eigenvalue weighted by Gasteiger charge is -2.38. The number of ketones is 4. The molecule has 4 aromatic carbocycles. The average molecular weight is 1220 g/mol. The topological polar surface area (TPSA) is 254 Å². The van der Waals surface area contributed by atoms with E-state index in [9.17, 15) is 33.6 Å². The number of Topliss-reactive ketones (excluding diaryl/α,β-unsaturated/α-hetero) is 4. The van der Waals surface area contributed by atoms with E-state index < -0.39 is 11.9 Å². The number of carbonyl (C=O) groups excluding carboxylic acids is 7. The maximum Gasteiger partial charge on any atom is 0.336 e. The summed E-state index contributed by atoms with van der Waals surface area (Å²) < 4.78 is 10.4. The molecule has 2 unspecified atom stereocenters. The normalized spacial score (nSPS) is 17.6.